The van der Waals surface area contributed by atoms with E-state index in [0.717, 1.165) is 17.1 Å². The SMILES string of the molecule is Cc1cc(C)cc(-c2ccc3c(c2)C(C)(C)c2cc(-n4c5ccccc5c5cc(-c6ccc(N(c7ccc(-c8ccccc8)cc7)c7ccc(-c8ccccc8)cc7)cc6)ccc54)ccc2-3)c1. The van der Waals surface area contributed by atoms with Crippen LogP contribution in [0.5, 0.6) is 0 Å². The number of hydrogen-bond donors (Lipinski definition) is 0. The zero-order valence-electron chi connectivity index (χ0n) is 38.3. The normalized spacial score (nSPS) is 12.6. The van der Waals surface area contributed by atoms with Crippen LogP contribution in [0, 0.1) is 13.8 Å². The minimum Gasteiger partial charge on any atom is -0.311 e. The van der Waals surface area contributed by atoms with E-state index in [9.17, 15) is 0 Å². The van der Waals surface area contributed by atoms with E-state index >= 15 is 0 Å². The predicted octanol–water partition coefficient (Wildman–Crippen LogP) is 17.8. The summed E-state index contributed by atoms with van der Waals surface area (Å²) in [5.74, 6) is 0. The third kappa shape index (κ3) is 7.05. The van der Waals surface area contributed by atoms with Crippen LogP contribution in [0.15, 0.2) is 231 Å². The summed E-state index contributed by atoms with van der Waals surface area (Å²) >= 11 is 0. The summed E-state index contributed by atoms with van der Waals surface area (Å²) in [7, 11) is 0. The van der Waals surface area contributed by atoms with Crippen LogP contribution in [0.25, 0.3) is 83.1 Å². The van der Waals surface area contributed by atoms with E-state index < -0.39 is 0 Å². The Bertz CT molecular complexity index is 3530. The minimum atomic E-state index is -0.152. The molecule has 0 atom stereocenters. The van der Waals surface area contributed by atoms with Crippen molar-refractivity contribution in [3.63, 3.8) is 0 Å². The number of aryl methyl sites for hydroxylation is 2. The van der Waals surface area contributed by atoms with Gasteiger partial charge in [0.1, 0.15) is 0 Å². The summed E-state index contributed by atoms with van der Waals surface area (Å²) in [5.41, 5.74) is 24.5. The summed E-state index contributed by atoms with van der Waals surface area (Å²) in [6.07, 6.45) is 0. The quantitative estimate of drug-likeness (QED) is 0.148. The molecule has 0 amide bonds. The highest BCUT2D eigenvalue weighted by molar-refractivity contribution is 6.10. The van der Waals surface area contributed by atoms with Gasteiger partial charge in [0.05, 0.1) is 11.0 Å². The lowest BCUT2D eigenvalue weighted by atomic mass is 9.81. The molecule has 0 aliphatic heterocycles. The largest absolute Gasteiger partial charge is 0.311 e. The Morgan fingerprint density at radius 2 is 0.761 bits per heavy atom. The standard InChI is InChI=1S/C65H50N2/c1-43-37-44(2)39-52(38-43)51-25-34-57-58-35-33-56(42-62(58)65(3,4)61(57)41-51)67-63-18-12-11-17-59(63)60-40-50(26-36-64(60)67)49-23-31-55(32-24-49)66(53-27-19-47(20-28-53)45-13-7-5-8-14-45)54-29-21-48(22-30-54)46-15-9-6-10-16-46/h5-42H,1-4H3. The Morgan fingerprint density at radius 1 is 0.328 bits per heavy atom. The molecule has 0 saturated heterocycles. The molecule has 12 rings (SSSR count). The van der Waals surface area contributed by atoms with Crippen LogP contribution in [-0.2, 0) is 5.41 Å². The van der Waals surface area contributed by atoms with Crippen molar-refractivity contribution in [2.45, 2.75) is 33.1 Å². The van der Waals surface area contributed by atoms with Gasteiger partial charge in [0.15, 0.2) is 0 Å². The molecule has 0 unspecified atom stereocenters. The summed E-state index contributed by atoms with van der Waals surface area (Å²) < 4.78 is 2.46. The second-order valence-electron chi connectivity index (χ2n) is 18.8. The van der Waals surface area contributed by atoms with Crippen LogP contribution in [0.1, 0.15) is 36.1 Å². The van der Waals surface area contributed by atoms with Crippen LogP contribution in [0.4, 0.5) is 17.1 Å². The van der Waals surface area contributed by atoms with Gasteiger partial charge in [0.25, 0.3) is 0 Å². The first-order chi connectivity index (χ1) is 32.8. The van der Waals surface area contributed by atoms with Crippen molar-refractivity contribution < 1.29 is 0 Å². The van der Waals surface area contributed by atoms with E-state index in [0.29, 0.717) is 0 Å². The Balaban J connectivity index is 0.895. The molecule has 0 N–H and O–H groups in total. The summed E-state index contributed by atoms with van der Waals surface area (Å²) in [6, 6.07) is 84.9. The lowest BCUT2D eigenvalue weighted by molar-refractivity contribution is 0.660. The molecule has 320 valence electrons. The van der Waals surface area contributed by atoms with Crippen molar-refractivity contribution in [3.8, 4) is 61.3 Å². The van der Waals surface area contributed by atoms with Crippen LogP contribution in [0.3, 0.4) is 0 Å². The second-order valence-corrected chi connectivity index (χ2v) is 18.8. The maximum absolute atomic E-state index is 2.46. The smallest absolute Gasteiger partial charge is 0.0541 e. The highest BCUT2D eigenvalue weighted by Gasteiger charge is 2.36. The monoisotopic (exact) mass is 858 g/mol. The van der Waals surface area contributed by atoms with E-state index in [1.807, 2.05) is 0 Å². The molecule has 0 spiro atoms. The highest BCUT2D eigenvalue weighted by atomic mass is 15.1. The maximum atomic E-state index is 2.46. The Morgan fingerprint density at radius 3 is 1.34 bits per heavy atom. The molecule has 0 bridgehead atoms. The number of fused-ring (bicyclic) bond motifs is 6. The van der Waals surface area contributed by atoms with E-state index in [2.05, 4.69) is 268 Å². The van der Waals surface area contributed by atoms with Crippen molar-refractivity contribution in [1.29, 1.82) is 0 Å². The number of hydrogen-bond acceptors (Lipinski definition) is 1. The minimum absolute atomic E-state index is 0.152. The molecular weight excluding hydrogens is 809 g/mol. The lowest BCUT2D eigenvalue weighted by Gasteiger charge is -2.26. The summed E-state index contributed by atoms with van der Waals surface area (Å²) in [4.78, 5) is 2.35. The van der Waals surface area contributed by atoms with Crippen molar-refractivity contribution >= 4 is 38.9 Å². The molecule has 2 nitrogen and oxygen atoms in total. The average molecular weight is 859 g/mol. The van der Waals surface area contributed by atoms with Gasteiger partial charge >= 0.3 is 0 Å². The fourth-order valence-corrected chi connectivity index (χ4v) is 10.7. The lowest BCUT2D eigenvalue weighted by Crippen LogP contribution is -2.15. The average Bonchev–Trinajstić information content (AvgIpc) is 3.82. The van der Waals surface area contributed by atoms with E-state index in [1.165, 1.54) is 105 Å². The van der Waals surface area contributed by atoms with Gasteiger partial charge in [-0.05, 0) is 153 Å². The first-order valence-electron chi connectivity index (χ1n) is 23.4. The van der Waals surface area contributed by atoms with Gasteiger partial charge in [-0.15, -0.1) is 0 Å². The number of rotatable bonds is 8. The molecule has 67 heavy (non-hydrogen) atoms. The van der Waals surface area contributed by atoms with Crippen LogP contribution < -0.4 is 4.90 Å². The second kappa shape index (κ2) is 16.0. The number of aromatic nitrogens is 1. The fraction of sp³-hybridized carbons (Fsp3) is 0.0769. The van der Waals surface area contributed by atoms with Crippen molar-refractivity contribution in [1.82, 2.24) is 4.57 Å². The highest BCUT2D eigenvalue weighted by Crippen LogP contribution is 2.51. The number of para-hydroxylation sites is 1. The molecule has 10 aromatic carbocycles. The Kier molecular flexibility index (Phi) is 9.66. The van der Waals surface area contributed by atoms with Crippen molar-refractivity contribution in [2.75, 3.05) is 4.90 Å². The molecule has 1 aromatic heterocycles. The third-order valence-corrected chi connectivity index (χ3v) is 14.1. The molecule has 1 aliphatic rings. The van der Waals surface area contributed by atoms with Crippen LogP contribution in [-0.4, -0.2) is 4.57 Å². The van der Waals surface area contributed by atoms with Crippen LogP contribution in [0.2, 0.25) is 0 Å². The topological polar surface area (TPSA) is 8.17 Å². The van der Waals surface area contributed by atoms with E-state index in [1.54, 1.807) is 0 Å². The molecular formula is C65H50N2. The van der Waals surface area contributed by atoms with Crippen LogP contribution >= 0.6 is 0 Å². The zero-order chi connectivity index (χ0) is 45.2. The maximum Gasteiger partial charge on any atom is 0.0541 e. The number of nitrogens with zero attached hydrogens (tertiary/aromatic N) is 2. The number of anilines is 3. The van der Waals surface area contributed by atoms with Crippen molar-refractivity contribution in [2.24, 2.45) is 0 Å². The third-order valence-electron chi connectivity index (χ3n) is 14.1. The first kappa shape index (κ1) is 40.3. The molecule has 2 heteroatoms. The molecule has 11 aromatic rings. The Labute approximate surface area is 393 Å². The van der Waals surface area contributed by atoms with Gasteiger partial charge < -0.3 is 9.47 Å². The van der Waals surface area contributed by atoms with Crippen molar-refractivity contribution in [3.05, 3.63) is 253 Å². The van der Waals surface area contributed by atoms with Gasteiger partial charge in [0.2, 0.25) is 0 Å². The Hall–Kier alpha value is -8.20. The van der Waals surface area contributed by atoms with Gasteiger partial charge in [-0.3, -0.25) is 0 Å². The molecule has 0 saturated carbocycles. The number of benzene rings is 10. The fourth-order valence-electron chi connectivity index (χ4n) is 10.7. The molecule has 1 heterocycles. The van der Waals surface area contributed by atoms with Gasteiger partial charge in [-0.2, -0.15) is 0 Å². The predicted molar refractivity (Wildman–Crippen MR) is 284 cm³/mol. The molecule has 0 fully saturated rings. The van der Waals surface area contributed by atoms with Gasteiger partial charge in [-0.1, -0.05) is 183 Å². The molecule has 1 aliphatic carbocycles. The summed E-state index contributed by atoms with van der Waals surface area (Å²) in [6.45, 7) is 9.15. The molecule has 0 radical (unpaired) electrons. The zero-order valence-corrected chi connectivity index (χ0v) is 38.3. The van der Waals surface area contributed by atoms with Gasteiger partial charge in [-0.25, -0.2) is 0 Å². The van der Waals surface area contributed by atoms with E-state index in [4.69, 9.17) is 0 Å². The van der Waals surface area contributed by atoms with E-state index in [-0.39, 0.29) is 5.41 Å². The van der Waals surface area contributed by atoms with Gasteiger partial charge in [0, 0.05) is 38.9 Å². The summed E-state index contributed by atoms with van der Waals surface area (Å²) in [5, 5.41) is 2.50. The first-order valence-corrected chi connectivity index (χ1v) is 23.4.